The van der Waals surface area contributed by atoms with Crippen LogP contribution in [0, 0.1) is 0 Å². The van der Waals surface area contributed by atoms with E-state index in [9.17, 15) is 0 Å². The van der Waals surface area contributed by atoms with Crippen LogP contribution >= 0.6 is 15.9 Å². The third-order valence-electron chi connectivity index (χ3n) is 1.17. The molecule has 0 saturated heterocycles. The Morgan fingerprint density at radius 3 is 2.50 bits per heavy atom. The standard InChI is InChI=1S/C5H3BrN6/c6-3-1-7-4(8-2-3)5-9-11-12-10-5/h1-2H,(H,9,10,11,12). The molecule has 60 valence electrons. The molecule has 2 aromatic rings. The minimum Gasteiger partial charge on any atom is -0.232 e. The molecule has 2 rings (SSSR count). The summed E-state index contributed by atoms with van der Waals surface area (Å²) in [5.74, 6) is 0.842. The van der Waals surface area contributed by atoms with Crippen LogP contribution in [0.25, 0.3) is 11.6 Å². The van der Waals surface area contributed by atoms with Crippen molar-refractivity contribution in [2.75, 3.05) is 0 Å². The number of nitrogens with one attached hydrogen (secondary N) is 1. The Morgan fingerprint density at radius 2 is 1.92 bits per heavy atom. The first kappa shape index (κ1) is 7.29. The number of hydrogen-bond acceptors (Lipinski definition) is 5. The summed E-state index contributed by atoms with van der Waals surface area (Å²) in [4.78, 5) is 7.96. The van der Waals surface area contributed by atoms with Crippen LogP contribution in [0.4, 0.5) is 0 Å². The van der Waals surface area contributed by atoms with Crippen molar-refractivity contribution in [1.82, 2.24) is 30.6 Å². The molecule has 0 aliphatic carbocycles. The molecule has 2 aromatic heterocycles. The minimum absolute atomic E-state index is 0.391. The molecule has 2 heterocycles. The molecule has 12 heavy (non-hydrogen) atoms. The Kier molecular flexibility index (Phi) is 1.78. The normalized spacial score (nSPS) is 10.1. The quantitative estimate of drug-likeness (QED) is 0.763. The topological polar surface area (TPSA) is 80.2 Å². The number of halogens is 1. The molecule has 0 aromatic carbocycles. The lowest BCUT2D eigenvalue weighted by Gasteiger charge is -1.90. The van der Waals surface area contributed by atoms with Crippen molar-refractivity contribution < 1.29 is 0 Å². The Hall–Kier alpha value is -1.37. The third kappa shape index (κ3) is 1.30. The average Bonchev–Trinajstić information content (AvgIpc) is 2.58. The summed E-state index contributed by atoms with van der Waals surface area (Å²) in [6.45, 7) is 0. The molecule has 0 bridgehead atoms. The van der Waals surface area contributed by atoms with Crippen LogP contribution in [-0.2, 0) is 0 Å². The Balaban J connectivity index is 2.43. The van der Waals surface area contributed by atoms with Gasteiger partial charge in [-0.2, -0.15) is 5.21 Å². The van der Waals surface area contributed by atoms with E-state index in [1.54, 1.807) is 12.4 Å². The van der Waals surface area contributed by atoms with Gasteiger partial charge in [0.1, 0.15) is 0 Å². The maximum absolute atomic E-state index is 3.98. The highest BCUT2D eigenvalue weighted by atomic mass is 79.9. The van der Waals surface area contributed by atoms with Gasteiger partial charge in [0, 0.05) is 12.4 Å². The Labute approximate surface area is 75.6 Å². The highest BCUT2D eigenvalue weighted by molar-refractivity contribution is 9.10. The molecule has 1 N–H and O–H groups in total. The van der Waals surface area contributed by atoms with Crippen LogP contribution in [0.3, 0.4) is 0 Å². The monoisotopic (exact) mass is 226 g/mol. The zero-order chi connectivity index (χ0) is 8.39. The first-order chi connectivity index (χ1) is 5.86. The smallest absolute Gasteiger partial charge is 0.232 e. The van der Waals surface area contributed by atoms with E-state index < -0.39 is 0 Å². The van der Waals surface area contributed by atoms with E-state index in [2.05, 4.69) is 46.5 Å². The molecule has 0 radical (unpaired) electrons. The summed E-state index contributed by atoms with van der Waals surface area (Å²) in [6, 6.07) is 0. The fourth-order valence-electron chi connectivity index (χ4n) is 0.684. The summed E-state index contributed by atoms with van der Waals surface area (Å²) >= 11 is 3.22. The van der Waals surface area contributed by atoms with Crippen molar-refractivity contribution in [3.63, 3.8) is 0 Å². The van der Waals surface area contributed by atoms with E-state index in [4.69, 9.17) is 0 Å². The number of aromatic amines is 1. The van der Waals surface area contributed by atoms with E-state index in [0.717, 1.165) is 4.47 Å². The maximum atomic E-state index is 3.98. The van der Waals surface area contributed by atoms with Gasteiger partial charge in [-0.15, -0.1) is 10.2 Å². The first-order valence-electron chi connectivity index (χ1n) is 3.07. The molecule has 0 atom stereocenters. The van der Waals surface area contributed by atoms with Gasteiger partial charge in [0.25, 0.3) is 0 Å². The van der Waals surface area contributed by atoms with Crippen molar-refractivity contribution in [3.05, 3.63) is 16.9 Å². The average molecular weight is 227 g/mol. The second-order valence-corrected chi connectivity index (χ2v) is 2.88. The van der Waals surface area contributed by atoms with Crippen LogP contribution in [-0.4, -0.2) is 30.6 Å². The lowest BCUT2D eigenvalue weighted by molar-refractivity contribution is 0.881. The Morgan fingerprint density at radius 1 is 1.17 bits per heavy atom. The molecule has 7 heteroatoms. The maximum Gasteiger partial charge on any atom is 0.241 e. The van der Waals surface area contributed by atoms with Gasteiger partial charge in [-0.05, 0) is 21.1 Å². The number of H-pyrrole nitrogens is 1. The van der Waals surface area contributed by atoms with Gasteiger partial charge in [0.15, 0.2) is 0 Å². The number of nitrogens with zero attached hydrogens (tertiary/aromatic N) is 5. The molecule has 0 aliphatic rings. The highest BCUT2D eigenvalue weighted by Gasteiger charge is 2.04. The number of aromatic nitrogens is 6. The fourth-order valence-corrected chi connectivity index (χ4v) is 0.889. The molecule has 0 amide bonds. The predicted molar refractivity (Wildman–Crippen MR) is 42.9 cm³/mol. The summed E-state index contributed by atoms with van der Waals surface area (Å²) in [6.07, 6.45) is 3.25. The minimum atomic E-state index is 0.391. The summed E-state index contributed by atoms with van der Waals surface area (Å²) in [5, 5.41) is 13.2. The first-order valence-corrected chi connectivity index (χ1v) is 3.87. The van der Waals surface area contributed by atoms with Crippen LogP contribution in [0.1, 0.15) is 0 Å². The van der Waals surface area contributed by atoms with Crippen LogP contribution in [0.5, 0.6) is 0 Å². The lowest BCUT2D eigenvalue weighted by Crippen LogP contribution is -1.89. The number of tetrazole rings is 1. The van der Waals surface area contributed by atoms with Crippen LogP contribution < -0.4 is 0 Å². The summed E-state index contributed by atoms with van der Waals surface area (Å²) in [7, 11) is 0. The zero-order valence-corrected chi connectivity index (χ0v) is 7.35. The molecule has 0 saturated carbocycles. The third-order valence-corrected chi connectivity index (χ3v) is 1.58. The lowest BCUT2D eigenvalue weighted by atomic mass is 10.5. The molecule has 0 spiro atoms. The van der Waals surface area contributed by atoms with Gasteiger partial charge in [-0.1, -0.05) is 0 Å². The van der Waals surface area contributed by atoms with E-state index in [0.29, 0.717) is 11.6 Å². The van der Waals surface area contributed by atoms with Crippen molar-refractivity contribution in [2.45, 2.75) is 0 Å². The van der Waals surface area contributed by atoms with E-state index in [-0.39, 0.29) is 0 Å². The largest absolute Gasteiger partial charge is 0.241 e. The van der Waals surface area contributed by atoms with E-state index >= 15 is 0 Å². The zero-order valence-electron chi connectivity index (χ0n) is 5.77. The Bertz CT molecular complexity index is 354. The van der Waals surface area contributed by atoms with Gasteiger partial charge in [0.2, 0.25) is 11.6 Å². The molecule has 0 aliphatic heterocycles. The second kappa shape index (κ2) is 2.94. The van der Waals surface area contributed by atoms with Crippen molar-refractivity contribution in [2.24, 2.45) is 0 Å². The summed E-state index contributed by atoms with van der Waals surface area (Å²) in [5.41, 5.74) is 0. The van der Waals surface area contributed by atoms with Crippen LogP contribution in [0.15, 0.2) is 16.9 Å². The van der Waals surface area contributed by atoms with Crippen LogP contribution in [0.2, 0.25) is 0 Å². The van der Waals surface area contributed by atoms with E-state index in [1.165, 1.54) is 0 Å². The van der Waals surface area contributed by atoms with Gasteiger partial charge in [0.05, 0.1) is 4.47 Å². The number of hydrogen-bond donors (Lipinski definition) is 1. The fraction of sp³-hybridized carbons (Fsp3) is 0. The summed E-state index contributed by atoms with van der Waals surface area (Å²) < 4.78 is 0.815. The molecular weight excluding hydrogens is 224 g/mol. The highest BCUT2D eigenvalue weighted by Crippen LogP contribution is 2.09. The van der Waals surface area contributed by atoms with Gasteiger partial charge >= 0.3 is 0 Å². The predicted octanol–water partition coefficient (Wildman–Crippen LogP) is 0.419. The molecule has 0 unspecified atom stereocenters. The van der Waals surface area contributed by atoms with Gasteiger partial charge < -0.3 is 0 Å². The van der Waals surface area contributed by atoms with Crippen molar-refractivity contribution in [3.8, 4) is 11.6 Å². The SMILES string of the molecule is Brc1cnc(-c2nn[nH]n2)nc1. The van der Waals surface area contributed by atoms with Gasteiger partial charge in [-0.3, -0.25) is 0 Å². The van der Waals surface area contributed by atoms with Crippen molar-refractivity contribution >= 4 is 15.9 Å². The van der Waals surface area contributed by atoms with E-state index in [1.807, 2.05) is 0 Å². The van der Waals surface area contributed by atoms with Gasteiger partial charge in [-0.25, -0.2) is 9.97 Å². The number of rotatable bonds is 1. The molecule has 6 nitrogen and oxygen atoms in total. The second-order valence-electron chi connectivity index (χ2n) is 1.96. The molecular formula is C5H3BrN6. The molecule has 0 fully saturated rings. The van der Waals surface area contributed by atoms with Crippen molar-refractivity contribution in [1.29, 1.82) is 0 Å².